The molecule has 2 aliphatic rings. The predicted molar refractivity (Wildman–Crippen MR) is 124 cm³/mol. The lowest BCUT2D eigenvalue weighted by atomic mass is 9.76. The van der Waals surface area contributed by atoms with Gasteiger partial charge in [-0.25, -0.2) is 4.79 Å². The van der Waals surface area contributed by atoms with Gasteiger partial charge in [0.1, 0.15) is 5.75 Å². The van der Waals surface area contributed by atoms with Gasteiger partial charge in [-0.2, -0.15) is 0 Å². The van der Waals surface area contributed by atoms with Crippen LogP contribution in [0.4, 0.5) is 4.79 Å². The van der Waals surface area contributed by atoms with Crippen LogP contribution >= 0.6 is 11.6 Å². The Bertz CT molecular complexity index is 917. The van der Waals surface area contributed by atoms with Crippen molar-refractivity contribution in [2.24, 2.45) is 17.1 Å². The van der Waals surface area contributed by atoms with Gasteiger partial charge in [0.05, 0.1) is 12.6 Å². The number of carbonyl (C=O) groups excluding carboxylic acids is 1. The van der Waals surface area contributed by atoms with Crippen molar-refractivity contribution in [2.45, 2.75) is 39.3 Å². The number of benzene rings is 2. The Labute approximate surface area is 190 Å². The van der Waals surface area contributed by atoms with Crippen LogP contribution in [0, 0.1) is 11.3 Å². The van der Waals surface area contributed by atoms with Crippen LogP contribution in [0.25, 0.3) is 0 Å². The summed E-state index contributed by atoms with van der Waals surface area (Å²) in [6.07, 6.45) is 2.00. The van der Waals surface area contributed by atoms with Gasteiger partial charge in [-0.3, -0.25) is 4.90 Å². The third-order valence-corrected chi connectivity index (χ3v) is 6.87. The first kappa shape index (κ1) is 22.0. The molecule has 4 rings (SSSR count). The molecule has 2 N–H and O–H groups in total. The molecule has 2 unspecified atom stereocenters. The number of rotatable bonds is 6. The lowest BCUT2D eigenvalue weighted by Gasteiger charge is -2.35. The topological polar surface area (TPSA) is 58.8 Å². The second-order valence-electron chi connectivity index (χ2n) is 9.37. The highest BCUT2D eigenvalue weighted by atomic mass is 35.5. The zero-order valence-corrected chi connectivity index (χ0v) is 19.1. The Morgan fingerprint density at radius 3 is 2.58 bits per heavy atom. The SMILES string of the molecule is CC(C)COc1ccccc1CN1CCC2(CCN(C(N)=O)C2c2ccc(Cl)cc2)C1. The largest absolute Gasteiger partial charge is 0.493 e. The van der Waals surface area contributed by atoms with Gasteiger partial charge in [0.2, 0.25) is 0 Å². The number of carbonyl (C=O) groups is 1. The Hall–Kier alpha value is -2.24. The summed E-state index contributed by atoms with van der Waals surface area (Å²) >= 11 is 6.12. The Balaban J connectivity index is 1.54. The molecule has 166 valence electrons. The van der Waals surface area contributed by atoms with E-state index in [-0.39, 0.29) is 17.5 Å². The van der Waals surface area contributed by atoms with E-state index in [2.05, 4.69) is 36.9 Å². The monoisotopic (exact) mass is 441 g/mol. The highest BCUT2D eigenvalue weighted by Gasteiger charge is 2.52. The van der Waals surface area contributed by atoms with Crippen molar-refractivity contribution < 1.29 is 9.53 Å². The number of likely N-dealkylation sites (tertiary alicyclic amines) is 2. The van der Waals surface area contributed by atoms with Crippen LogP contribution in [-0.4, -0.2) is 42.1 Å². The summed E-state index contributed by atoms with van der Waals surface area (Å²) < 4.78 is 6.07. The smallest absolute Gasteiger partial charge is 0.315 e. The minimum absolute atomic E-state index is 0.0105. The van der Waals surface area contributed by atoms with Crippen molar-refractivity contribution in [3.05, 3.63) is 64.7 Å². The molecule has 2 amide bonds. The molecular weight excluding hydrogens is 410 g/mol. The second kappa shape index (κ2) is 9.09. The second-order valence-corrected chi connectivity index (χ2v) is 9.81. The highest BCUT2D eigenvalue weighted by molar-refractivity contribution is 6.30. The molecule has 2 aliphatic heterocycles. The van der Waals surface area contributed by atoms with Crippen LogP contribution in [0.5, 0.6) is 5.75 Å². The number of halogens is 1. The maximum Gasteiger partial charge on any atom is 0.315 e. The number of para-hydroxylation sites is 1. The summed E-state index contributed by atoms with van der Waals surface area (Å²) in [5, 5.41) is 0.701. The van der Waals surface area contributed by atoms with Crippen molar-refractivity contribution in [3.63, 3.8) is 0 Å². The summed E-state index contributed by atoms with van der Waals surface area (Å²) in [5.41, 5.74) is 8.11. The fraction of sp³-hybridized carbons (Fsp3) is 0.480. The van der Waals surface area contributed by atoms with E-state index in [0.29, 0.717) is 24.1 Å². The van der Waals surface area contributed by atoms with Crippen molar-refractivity contribution in [1.29, 1.82) is 0 Å². The van der Waals surface area contributed by atoms with E-state index in [1.165, 1.54) is 5.56 Å². The Morgan fingerprint density at radius 2 is 1.87 bits per heavy atom. The molecule has 6 heteroatoms. The molecule has 2 fully saturated rings. The summed E-state index contributed by atoms with van der Waals surface area (Å²) in [5.74, 6) is 1.46. The predicted octanol–water partition coefficient (Wildman–Crippen LogP) is 5.09. The number of amides is 2. The number of ether oxygens (including phenoxy) is 1. The third kappa shape index (κ3) is 4.68. The number of nitrogens with two attached hydrogens (primary N) is 1. The molecule has 0 radical (unpaired) electrons. The van der Waals surface area contributed by atoms with Crippen molar-refractivity contribution in [2.75, 3.05) is 26.2 Å². The molecule has 0 bridgehead atoms. The Kier molecular flexibility index (Phi) is 6.44. The molecular formula is C25H32ClN3O2. The summed E-state index contributed by atoms with van der Waals surface area (Å²) in [6.45, 7) is 8.51. The average Bonchev–Trinajstić information content (AvgIpc) is 3.32. The standard InChI is InChI=1S/C25H32ClN3O2/c1-18(2)16-31-22-6-4-3-5-20(22)15-28-13-11-25(17-28)12-14-29(24(27)30)23(25)19-7-9-21(26)10-8-19/h3-10,18,23H,11-17H2,1-2H3,(H2,27,30). The summed E-state index contributed by atoms with van der Waals surface area (Å²) in [4.78, 5) is 16.6. The molecule has 5 nitrogen and oxygen atoms in total. The van der Waals surface area contributed by atoms with E-state index in [4.69, 9.17) is 22.1 Å². The molecule has 31 heavy (non-hydrogen) atoms. The van der Waals surface area contributed by atoms with E-state index in [1.807, 2.05) is 35.2 Å². The molecule has 2 aromatic rings. The van der Waals surface area contributed by atoms with Crippen LogP contribution in [0.2, 0.25) is 5.02 Å². The van der Waals surface area contributed by atoms with Gasteiger partial charge in [0.25, 0.3) is 0 Å². The van der Waals surface area contributed by atoms with E-state index < -0.39 is 0 Å². The molecule has 0 saturated carbocycles. The number of nitrogens with zero attached hydrogens (tertiary/aromatic N) is 2. The quantitative estimate of drug-likeness (QED) is 0.678. The van der Waals surface area contributed by atoms with Gasteiger partial charge in [0.15, 0.2) is 0 Å². The first-order chi connectivity index (χ1) is 14.9. The minimum atomic E-state index is -0.345. The maximum atomic E-state index is 12.2. The van der Waals surface area contributed by atoms with Gasteiger partial charge >= 0.3 is 6.03 Å². The number of hydrogen-bond donors (Lipinski definition) is 1. The molecule has 0 aliphatic carbocycles. The average molecular weight is 442 g/mol. The molecule has 2 heterocycles. The normalized spacial score (nSPS) is 23.7. The minimum Gasteiger partial charge on any atom is -0.493 e. The van der Waals surface area contributed by atoms with Gasteiger partial charge in [-0.15, -0.1) is 0 Å². The van der Waals surface area contributed by atoms with Gasteiger partial charge in [-0.05, 0) is 49.1 Å². The molecule has 2 aromatic carbocycles. The van der Waals surface area contributed by atoms with Crippen LogP contribution in [0.3, 0.4) is 0 Å². The van der Waals surface area contributed by atoms with Crippen LogP contribution in [0.1, 0.15) is 43.9 Å². The molecule has 1 spiro atoms. The van der Waals surface area contributed by atoms with Crippen molar-refractivity contribution >= 4 is 17.6 Å². The zero-order valence-electron chi connectivity index (χ0n) is 18.4. The fourth-order valence-corrected chi connectivity index (χ4v) is 5.30. The third-order valence-electron chi connectivity index (χ3n) is 6.61. The van der Waals surface area contributed by atoms with Crippen LogP contribution < -0.4 is 10.5 Å². The zero-order chi connectivity index (χ0) is 22.0. The number of hydrogen-bond acceptors (Lipinski definition) is 3. The maximum absolute atomic E-state index is 12.2. The number of primary amides is 1. The van der Waals surface area contributed by atoms with Gasteiger partial charge in [-0.1, -0.05) is 55.8 Å². The van der Waals surface area contributed by atoms with Crippen molar-refractivity contribution in [1.82, 2.24) is 9.80 Å². The first-order valence-electron chi connectivity index (χ1n) is 11.1. The molecule has 2 saturated heterocycles. The molecule has 2 atom stereocenters. The van der Waals surface area contributed by atoms with Crippen LogP contribution in [-0.2, 0) is 6.54 Å². The van der Waals surface area contributed by atoms with E-state index in [9.17, 15) is 4.79 Å². The summed E-state index contributed by atoms with van der Waals surface area (Å²) in [7, 11) is 0. The van der Waals surface area contributed by atoms with Crippen LogP contribution in [0.15, 0.2) is 48.5 Å². The fourth-order valence-electron chi connectivity index (χ4n) is 5.17. The van der Waals surface area contributed by atoms with E-state index >= 15 is 0 Å². The van der Waals surface area contributed by atoms with Crippen molar-refractivity contribution in [3.8, 4) is 5.75 Å². The number of urea groups is 1. The summed E-state index contributed by atoms with van der Waals surface area (Å²) in [6, 6.07) is 15.8. The lowest BCUT2D eigenvalue weighted by Crippen LogP contribution is -2.40. The van der Waals surface area contributed by atoms with E-state index in [0.717, 1.165) is 43.8 Å². The van der Waals surface area contributed by atoms with Gasteiger partial charge in [0, 0.05) is 35.6 Å². The van der Waals surface area contributed by atoms with Gasteiger partial charge < -0.3 is 15.4 Å². The Morgan fingerprint density at radius 1 is 1.16 bits per heavy atom. The lowest BCUT2D eigenvalue weighted by molar-refractivity contribution is 0.158. The first-order valence-corrected chi connectivity index (χ1v) is 11.5. The van der Waals surface area contributed by atoms with E-state index in [1.54, 1.807) is 0 Å². The highest BCUT2D eigenvalue weighted by Crippen LogP contribution is 2.53. The molecule has 0 aromatic heterocycles.